The first-order valence-corrected chi connectivity index (χ1v) is 11.5. The van der Waals surface area contributed by atoms with Gasteiger partial charge < -0.3 is 19.3 Å². The van der Waals surface area contributed by atoms with Crippen LogP contribution in [0.1, 0.15) is 37.0 Å². The van der Waals surface area contributed by atoms with E-state index in [9.17, 15) is 5.11 Å². The van der Waals surface area contributed by atoms with Crippen LogP contribution in [-0.2, 0) is 6.42 Å². The summed E-state index contributed by atoms with van der Waals surface area (Å²) in [7, 11) is 2.19. The van der Waals surface area contributed by atoms with Crippen molar-refractivity contribution >= 4 is 17.7 Å². The third-order valence-electron chi connectivity index (χ3n) is 6.73. The molecule has 1 aromatic carbocycles. The maximum Gasteiger partial charge on any atom is 0.126 e. The summed E-state index contributed by atoms with van der Waals surface area (Å²) in [6.07, 6.45) is 8.35. The molecule has 4 nitrogen and oxygen atoms in total. The van der Waals surface area contributed by atoms with Gasteiger partial charge in [0.25, 0.3) is 0 Å². The molecule has 30 heavy (non-hydrogen) atoms. The Balaban J connectivity index is 1.57. The monoisotopic (exact) mass is 428 g/mol. The van der Waals surface area contributed by atoms with Gasteiger partial charge in [-0.15, -0.1) is 0 Å². The Morgan fingerprint density at radius 3 is 2.63 bits per heavy atom. The summed E-state index contributed by atoms with van der Waals surface area (Å²) in [5.41, 5.74) is 1.65. The lowest BCUT2D eigenvalue weighted by molar-refractivity contribution is -0.0347. The van der Waals surface area contributed by atoms with Crippen LogP contribution in [0.15, 0.2) is 52.7 Å². The molecule has 4 rings (SSSR count). The van der Waals surface area contributed by atoms with Crippen molar-refractivity contribution in [2.75, 3.05) is 39.8 Å². The lowest BCUT2D eigenvalue weighted by atomic mass is 9.77. The fourth-order valence-corrected chi connectivity index (χ4v) is 5.06. The predicted octanol–water partition coefficient (Wildman–Crippen LogP) is 4.73. The summed E-state index contributed by atoms with van der Waals surface area (Å²) >= 11 is 6.09. The highest BCUT2D eigenvalue weighted by Crippen LogP contribution is 2.39. The Morgan fingerprint density at radius 2 is 1.93 bits per heavy atom. The van der Waals surface area contributed by atoms with Crippen molar-refractivity contribution in [3.05, 3.63) is 64.6 Å². The minimum atomic E-state index is -0.772. The van der Waals surface area contributed by atoms with E-state index in [1.165, 1.54) is 5.57 Å². The van der Waals surface area contributed by atoms with E-state index in [1.54, 1.807) is 6.26 Å². The van der Waals surface area contributed by atoms with E-state index in [2.05, 4.69) is 22.9 Å². The Morgan fingerprint density at radius 1 is 1.17 bits per heavy atom. The summed E-state index contributed by atoms with van der Waals surface area (Å²) in [6, 6.07) is 11.8. The highest BCUT2D eigenvalue weighted by molar-refractivity contribution is 6.30. The van der Waals surface area contributed by atoms with Crippen LogP contribution in [0, 0.1) is 5.92 Å². The summed E-state index contributed by atoms with van der Waals surface area (Å²) in [5, 5.41) is 12.8. The van der Waals surface area contributed by atoms with Crippen LogP contribution in [-0.4, -0.2) is 60.3 Å². The van der Waals surface area contributed by atoms with E-state index in [-0.39, 0.29) is 5.92 Å². The molecule has 1 aliphatic carbocycles. The van der Waals surface area contributed by atoms with Gasteiger partial charge in [0.15, 0.2) is 0 Å². The summed E-state index contributed by atoms with van der Waals surface area (Å²) in [4.78, 5) is 4.92. The van der Waals surface area contributed by atoms with Gasteiger partial charge in [-0.1, -0.05) is 29.3 Å². The maximum absolute atomic E-state index is 12.1. The molecule has 2 heterocycles. The minimum absolute atomic E-state index is 0.249. The molecule has 162 valence electrons. The molecule has 5 heteroatoms. The second-order valence-corrected chi connectivity index (χ2v) is 9.53. The third-order valence-corrected chi connectivity index (χ3v) is 6.98. The van der Waals surface area contributed by atoms with E-state index in [0.717, 1.165) is 68.3 Å². The van der Waals surface area contributed by atoms with E-state index >= 15 is 0 Å². The van der Waals surface area contributed by atoms with Crippen molar-refractivity contribution in [2.24, 2.45) is 5.92 Å². The quantitative estimate of drug-likeness (QED) is 0.699. The normalized spacial score (nSPS) is 28.0. The Labute approximate surface area is 185 Å². The molecule has 2 atom stereocenters. The fourth-order valence-electron chi connectivity index (χ4n) is 4.93. The Kier molecular flexibility index (Phi) is 6.99. The molecule has 0 radical (unpaired) electrons. The van der Waals surface area contributed by atoms with Crippen molar-refractivity contribution < 1.29 is 9.52 Å². The van der Waals surface area contributed by atoms with Crippen LogP contribution < -0.4 is 0 Å². The standard InChI is InChI=1S/C25H33ClN2O2/c1-27-11-13-28(14-12-27)19-22-5-2-4-21(16-24-6-3-15-30-24)18-25(22,29)17-20-7-9-23(26)10-8-20/h3,6-10,15-16,22,29H,2,4-5,11-14,17-19H2,1H3. The van der Waals surface area contributed by atoms with Gasteiger partial charge in [-0.3, -0.25) is 0 Å². The van der Waals surface area contributed by atoms with Crippen molar-refractivity contribution in [2.45, 2.75) is 37.7 Å². The average molecular weight is 429 g/mol. The molecule has 2 fully saturated rings. The first-order chi connectivity index (χ1) is 14.5. The summed E-state index contributed by atoms with van der Waals surface area (Å²) < 4.78 is 5.55. The maximum atomic E-state index is 12.1. The highest BCUT2D eigenvalue weighted by Gasteiger charge is 2.40. The zero-order valence-corrected chi connectivity index (χ0v) is 18.7. The van der Waals surface area contributed by atoms with E-state index in [1.807, 2.05) is 36.4 Å². The van der Waals surface area contributed by atoms with Crippen LogP contribution in [0.2, 0.25) is 5.02 Å². The van der Waals surface area contributed by atoms with Gasteiger partial charge in [0.1, 0.15) is 5.76 Å². The van der Waals surface area contributed by atoms with E-state index in [0.29, 0.717) is 12.8 Å². The van der Waals surface area contributed by atoms with Crippen LogP contribution in [0.5, 0.6) is 0 Å². The molecule has 0 amide bonds. The van der Waals surface area contributed by atoms with Crippen molar-refractivity contribution in [1.82, 2.24) is 9.80 Å². The number of furan rings is 1. The smallest absolute Gasteiger partial charge is 0.126 e. The molecule has 2 aliphatic rings. The number of hydrogen-bond acceptors (Lipinski definition) is 4. The predicted molar refractivity (Wildman–Crippen MR) is 123 cm³/mol. The zero-order chi connectivity index (χ0) is 21.0. The number of benzene rings is 1. The van der Waals surface area contributed by atoms with Crippen molar-refractivity contribution in [1.29, 1.82) is 0 Å². The van der Waals surface area contributed by atoms with Gasteiger partial charge in [-0.05, 0) is 68.6 Å². The number of halogens is 1. The number of hydrogen-bond donors (Lipinski definition) is 1. The molecule has 1 saturated carbocycles. The van der Waals surface area contributed by atoms with Crippen LogP contribution in [0.25, 0.3) is 6.08 Å². The number of likely N-dealkylation sites (N-methyl/N-ethyl adjacent to an activating group) is 1. The average Bonchev–Trinajstić information content (AvgIpc) is 3.18. The van der Waals surface area contributed by atoms with Gasteiger partial charge in [0, 0.05) is 50.1 Å². The Hall–Kier alpha value is -1.59. The molecule has 1 aromatic heterocycles. The number of aliphatic hydroxyl groups is 1. The van der Waals surface area contributed by atoms with E-state index in [4.69, 9.17) is 16.0 Å². The molecule has 0 spiro atoms. The fraction of sp³-hybridized carbons (Fsp3) is 0.520. The molecule has 2 unspecified atom stereocenters. The second kappa shape index (κ2) is 9.69. The number of rotatable bonds is 5. The van der Waals surface area contributed by atoms with Crippen molar-refractivity contribution in [3.63, 3.8) is 0 Å². The van der Waals surface area contributed by atoms with Gasteiger partial charge in [0.05, 0.1) is 11.9 Å². The third kappa shape index (κ3) is 5.55. The topological polar surface area (TPSA) is 39.9 Å². The molecular formula is C25H33ClN2O2. The first-order valence-electron chi connectivity index (χ1n) is 11.1. The first kappa shape index (κ1) is 21.6. The van der Waals surface area contributed by atoms with Gasteiger partial charge >= 0.3 is 0 Å². The summed E-state index contributed by atoms with van der Waals surface area (Å²) in [6.45, 7) is 5.34. The Bertz CT molecular complexity index is 825. The van der Waals surface area contributed by atoms with Gasteiger partial charge in [-0.2, -0.15) is 0 Å². The van der Waals surface area contributed by atoms with Crippen LogP contribution in [0.3, 0.4) is 0 Å². The zero-order valence-electron chi connectivity index (χ0n) is 17.9. The number of nitrogens with zero attached hydrogens (tertiary/aromatic N) is 2. The number of piperazine rings is 1. The minimum Gasteiger partial charge on any atom is -0.465 e. The largest absolute Gasteiger partial charge is 0.465 e. The van der Waals surface area contributed by atoms with Gasteiger partial charge in [0.2, 0.25) is 0 Å². The molecule has 1 saturated heterocycles. The SMILES string of the molecule is CN1CCN(CC2CCCC(=Cc3ccco3)CC2(O)Cc2ccc(Cl)cc2)CC1. The highest BCUT2D eigenvalue weighted by atomic mass is 35.5. The summed E-state index contributed by atoms with van der Waals surface area (Å²) in [5.74, 6) is 1.12. The van der Waals surface area contributed by atoms with Crippen LogP contribution >= 0.6 is 11.6 Å². The lowest BCUT2D eigenvalue weighted by Crippen LogP contribution is -2.50. The lowest BCUT2D eigenvalue weighted by Gasteiger charge is -2.41. The molecule has 1 N–H and O–H groups in total. The van der Waals surface area contributed by atoms with Crippen molar-refractivity contribution in [3.8, 4) is 0 Å². The molecule has 1 aliphatic heterocycles. The molecular weight excluding hydrogens is 396 g/mol. The molecule has 2 aromatic rings. The second-order valence-electron chi connectivity index (χ2n) is 9.09. The molecule has 0 bridgehead atoms. The van der Waals surface area contributed by atoms with E-state index < -0.39 is 5.60 Å². The van der Waals surface area contributed by atoms with Gasteiger partial charge in [-0.25, -0.2) is 0 Å². The van der Waals surface area contributed by atoms with Crippen LogP contribution in [0.4, 0.5) is 0 Å².